The van der Waals surface area contributed by atoms with Crippen LogP contribution in [0, 0.1) is 0 Å². The Balaban J connectivity index is 0. The lowest BCUT2D eigenvalue weighted by Crippen LogP contribution is -2.43. The minimum atomic E-state index is -6.66. The van der Waals surface area contributed by atoms with Crippen molar-refractivity contribution in [3.8, 4) is 0 Å². The highest BCUT2D eigenvalue weighted by Crippen LogP contribution is 2.38. The minimum absolute atomic E-state index is 0.189. The quantitative estimate of drug-likeness (QED) is 0.351. The molecule has 0 bridgehead atoms. The molecule has 0 saturated heterocycles. The first kappa shape index (κ1) is 33.4. The Morgan fingerprint density at radius 1 is 0.469 bits per heavy atom. The van der Waals surface area contributed by atoms with Gasteiger partial charge >= 0.3 is 22.0 Å². The second-order valence-electron chi connectivity index (χ2n) is 4.81. The van der Waals surface area contributed by atoms with Crippen LogP contribution in [0.3, 0.4) is 0 Å². The molecule has 0 N–H and O–H groups in total. The molecule has 32 heavy (non-hydrogen) atoms. The Labute approximate surface area is 175 Å². The summed E-state index contributed by atoms with van der Waals surface area (Å²) >= 11 is 4.22. The van der Waals surface area contributed by atoms with Gasteiger partial charge in [-0.25, -0.2) is 33.7 Å². The van der Waals surface area contributed by atoms with E-state index in [1.807, 2.05) is 0 Å². The Morgan fingerprint density at radius 3 is 0.750 bits per heavy atom. The van der Waals surface area contributed by atoms with Gasteiger partial charge in [-0.2, -0.15) is 52.7 Å². The van der Waals surface area contributed by atoms with Crippen LogP contribution >= 0.6 is 11.6 Å². The molecule has 0 atom stereocenters. The molecule has 196 valence electrons. The van der Waals surface area contributed by atoms with Crippen molar-refractivity contribution in [2.24, 2.45) is 0 Å². The molecule has 0 unspecified atom stereocenters. The highest BCUT2D eigenvalue weighted by atomic mass is 35.5. The summed E-state index contributed by atoms with van der Waals surface area (Å²) in [7, 11) is -26.2. The van der Waals surface area contributed by atoms with E-state index < -0.39 is 70.0 Å². The van der Waals surface area contributed by atoms with Gasteiger partial charge in [-0.05, 0) is 6.92 Å². The summed E-state index contributed by atoms with van der Waals surface area (Å²) < 4.78 is 216. The fraction of sp³-hybridized carbons (Fsp3) is 1.00. The first-order chi connectivity index (χ1) is 13.3. The molecule has 0 spiro atoms. The average Bonchev–Trinajstić information content (AvgIpc) is 2.49. The topological polar surface area (TPSA) is 137 Å². The van der Waals surface area contributed by atoms with Crippen LogP contribution in [0.1, 0.15) is 6.92 Å². The Hall–Kier alpha value is -0.750. The monoisotopic (exact) mass is 608 g/mol. The number of sulfone groups is 4. The fourth-order valence-corrected chi connectivity index (χ4v) is 6.68. The number of halogens is 13. The van der Waals surface area contributed by atoms with Crippen molar-refractivity contribution >= 4 is 50.9 Å². The summed E-state index contributed by atoms with van der Waals surface area (Å²) in [5.41, 5.74) is -24.5. The summed E-state index contributed by atoms with van der Waals surface area (Å²) in [6.07, 6.45) is 0. The molecule has 8 nitrogen and oxygen atoms in total. The third-order valence-electron chi connectivity index (χ3n) is 2.65. The fourth-order valence-electron chi connectivity index (χ4n) is 0.920. The van der Waals surface area contributed by atoms with Crippen molar-refractivity contribution in [3.63, 3.8) is 0 Å². The molecule has 0 aromatic carbocycles. The van der Waals surface area contributed by atoms with Gasteiger partial charge in [0.15, 0.2) is 4.58 Å². The minimum Gasteiger partial charge on any atom is -0.218 e. The van der Waals surface area contributed by atoms with Gasteiger partial charge in [-0.1, -0.05) is 11.6 Å². The second-order valence-corrected chi connectivity index (χ2v) is 14.9. The molecule has 0 aromatic heterocycles. The molecule has 25 heteroatoms. The molecule has 0 aliphatic heterocycles. The first-order valence-corrected chi connectivity index (χ1v) is 12.8. The van der Waals surface area contributed by atoms with Crippen LogP contribution < -0.4 is 0 Å². The van der Waals surface area contributed by atoms with Crippen molar-refractivity contribution in [2.75, 3.05) is 0 Å². The van der Waals surface area contributed by atoms with E-state index in [1.165, 1.54) is 0 Å². The maximum atomic E-state index is 11.8. The van der Waals surface area contributed by atoms with Crippen molar-refractivity contribution in [3.05, 3.63) is 0 Å². The number of rotatable bonds is 4. The zero-order valence-electron chi connectivity index (χ0n) is 14.0. The zero-order valence-corrected chi connectivity index (χ0v) is 18.0. The molecule has 0 amide bonds. The van der Waals surface area contributed by atoms with Crippen LogP contribution in [0.5, 0.6) is 0 Å². The van der Waals surface area contributed by atoms with Crippen molar-refractivity contribution < 1.29 is 86.4 Å². The van der Waals surface area contributed by atoms with Crippen LogP contribution in [-0.2, 0) is 39.3 Å². The third kappa shape index (κ3) is 6.65. The van der Waals surface area contributed by atoms with E-state index in [0.717, 1.165) is 0 Å². The van der Waals surface area contributed by atoms with Gasteiger partial charge in [0.05, 0.1) is 0 Å². The SMILES string of the molecule is CC(S(=O)(=O)C(F)(F)F)S(=O)(=O)C(F)(F)F.O=S(=O)(C(Cl)S(=O)(=O)C(F)(F)F)C(F)(F)F. The Bertz CT molecular complexity index is 914. The van der Waals surface area contributed by atoms with E-state index in [1.54, 1.807) is 0 Å². The third-order valence-corrected chi connectivity index (χ3v) is 12.4. The molecule has 0 radical (unpaired) electrons. The molecular weight excluding hydrogens is 604 g/mol. The van der Waals surface area contributed by atoms with E-state index >= 15 is 0 Å². The van der Waals surface area contributed by atoms with Gasteiger partial charge in [0.1, 0.15) is 0 Å². The van der Waals surface area contributed by atoms with E-state index in [-0.39, 0.29) is 6.92 Å². The Morgan fingerprint density at radius 2 is 0.625 bits per heavy atom. The molecule has 0 fully saturated rings. The van der Waals surface area contributed by atoms with Crippen LogP contribution in [0.25, 0.3) is 0 Å². The summed E-state index contributed by atoms with van der Waals surface area (Å²) in [6, 6.07) is 0. The standard InChI is InChI=1S/C4H4F6O4S2.C3HClF6O4S2/c1-2(15(11,12)3(5,6)7)16(13,14)4(8,9)10;4-1(15(11,12)2(5,6)7)16(13,14)3(8,9)10/h2H,1H3;1H. The van der Waals surface area contributed by atoms with Gasteiger partial charge in [-0.15, -0.1) is 0 Å². The predicted octanol–water partition coefficient (Wildman–Crippen LogP) is 2.58. The van der Waals surface area contributed by atoms with Crippen LogP contribution in [0.2, 0.25) is 0 Å². The largest absolute Gasteiger partial charge is 0.499 e. The smallest absolute Gasteiger partial charge is 0.218 e. The lowest BCUT2D eigenvalue weighted by atomic mass is 11.0. The molecule has 0 aromatic rings. The predicted molar refractivity (Wildman–Crippen MR) is 79.0 cm³/mol. The molecule has 0 aliphatic carbocycles. The van der Waals surface area contributed by atoms with Crippen molar-refractivity contribution in [2.45, 2.75) is 37.6 Å². The average molecular weight is 609 g/mol. The van der Waals surface area contributed by atoms with Crippen LogP contribution in [0.15, 0.2) is 0 Å². The summed E-state index contributed by atoms with van der Waals surface area (Å²) in [6.45, 7) is -0.189. The molecular formula is C7H5ClF12O8S4. The van der Waals surface area contributed by atoms with Crippen LogP contribution in [0.4, 0.5) is 52.7 Å². The van der Waals surface area contributed by atoms with Gasteiger partial charge in [-0.3, -0.25) is 0 Å². The molecule has 0 rings (SSSR count). The summed E-state index contributed by atoms with van der Waals surface area (Å²) in [5, 5.41) is 0. The van der Waals surface area contributed by atoms with Gasteiger partial charge in [0, 0.05) is 0 Å². The van der Waals surface area contributed by atoms with Gasteiger partial charge < -0.3 is 0 Å². The van der Waals surface area contributed by atoms with Gasteiger partial charge in [0.25, 0.3) is 43.4 Å². The van der Waals surface area contributed by atoms with Gasteiger partial charge in [0.2, 0.25) is 0 Å². The highest BCUT2D eigenvalue weighted by molar-refractivity contribution is 8.11. The summed E-state index contributed by atoms with van der Waals surface area (Å²) in [5.74, 6) is 0. The van der Waals surface area contributed by atoms with E-state index in [9.17, 15) is 86.4 Å². The number of hydrogen-bond donors (Lipinski definition) is 0. The molecule has 0 aliphatic rings. The van der Waals surface area contributed by atoms with Crippen molar-refractivity contribution in [1.29, 1.82) is 0 Å². The first-order valence-electron chi connectivity index (χ1n) is 6.16. The molecule has 0 heterocycles. The number of hydrogen-bond acceptors (Lipinski definition) is 8. The molecule has 0 saturated carbocycles. The van der Waals surface area contributed by atoms with E-state index in [4.69, 9.17) is 0 Å². The van der Waals surface area contributed by atoms with E-state index in [0.29, 0.717) is 0 Å². The summed E-state index contributed by atoms with van der Waals surface area (Å²) in [4.78, 5) is 0. The normalized spacial score (nSPS) is 15.5. The number of alkyl halides is 13. The maximum absolute atomic E-state index is 11.8. The second kappa shape index (κ2) is 9.13. The lowest BCUT2D eigenvalue weighted by Gasteiger charge is -2.17. The Kier molecular flexibility index (Phi) is 9.53. The van der Waals surface area contributed by atoms with E-state index in [2.05, 4.69) is 11.6 Å². The lowest BCUT2D eigenvalue weighted by molar-refractivity contribution is -0.0477. The zero-order chi connectivity index (χ0) is 27.2. The van der Waals surface area contributed by atoms with Crippen LogP contribution in [-0.4, -0.2) is 64.3 Å². The highest BCUT2D eigenvalue weighted by Gasteiger charge is 2.63. The maximum Gasteiger partial charge on any atom is 0.499 e. The van der Waals surface area contributed by atoms with Crippen molar-refractivity contribution in [1.82, 2.24) is 0 Å².